The summed E-state index contributed by atoms with van der Waals surface area (Å²) in [5, 5.41) is 2.91. The third-order valence-corrected chi connectivity index (χ3v) is 3.06. The van der Waals surface area contributed by atoms with Crippen molar-refractivity contribution in [1.82, 2.24) is 5.32 Å². The number of ether oxygens (including phenoxy) is 1. The number of nitrogens with one attached hydrogen (secondary N) is 1. The van der Waals surface area contributed by atoms with Gasteiger partial charge >= 0.3 is 0 Å². The van der Waals surface area contributed by atoms with E-state index in [2.05, 4.69) is 5.32 Å². The zero-order valence-electron chi connectivity index (χ0n) is 10.7. The molecule has 3 heteroatoms. The summed E-state index contributed by atoms with van der Waals surface area (Å²) in [5.41, 5.74) is 1.77. The SMILES string of the molecule is CC(=Cc1ccccc1)C(=O)NCC1CCCO1. The maximum Gasteiger partial charge on any atom is 0.247 e. The van der Waals surface area contributed by atoms with Crippen LogP contribution in [0.2, 0.25) is 0 Å². The molecule has 0 spiro atoms. The number of benzene rings is 1. The van der Waals surface area contributed by atoms with Gasteiger partial charge in [0, 0.05) is 18.7 Å². The van der Waals surface area contributed by atoms with Gasteiger partial charge in [0.05, 0.1) is 6.10 Å². The van der Waals surface area contributed by atoms with Crippen LogP contribution in [0, 0.1) is 0 Å². The number of hydrogen-bond donors (Lipinski definition) is 1. The molecule has 0 bridgehead atoms. The second kappa shape index (κ2) is 6.36. The van der Waals surface area contributed by atoms with Crippen molar-refractivity contribution in [3.05, 3.63) is 41.5 Å². The summed E-state index contributed by atoms with van der Waals surface area (Å²) in [4.78, 5) is 11.9. The number of carbonyl (C=O) groups is 1. The zero-order valence-corrected chi connectivity index (χ0v) is 10.7. The molecule has 1 aromatic carbocycles. The fourth-order valence-electron chi connectivity index (χ4n) is 2.02. The maximum absolute atomic E-state index is 11.9. The number of rotatable bonds is 4. The van der Waals surface area contributed by atoms with E-state index in [0.717, 1.165) is 30.6 Å². The first-order valence-corrected chi connectivity index (χ1v) is 6.39. The molecule has 1 atom stereocenters. The van der Waals surface area contributed by atoms with E-state index in [1.807, 2.05) is 43.3 Å². The summed E-state index contributed by atoms with van der Waals surface area (Å²) < 4.78 is 5.47. The van der Waals surface area contributed by atoms with Crippen molar-refractivity contribution in [3.63, 3.8) is 0 Å². The predicted octanol–water partition coefficient (Wildman–Crippen LogP) is 2.39. The van der Waals surface area contributed by atoms with Crippen LogP contribution in [-0.4, -0.2) is 25.2 Å². The van der Waals surface area contributed by atoms with E-state index in [1.165, 1.54) is 0 Å². The van der Waals surface area contributed by atoms with Crippen LogP contribution in [0.5, 0.6) is 0 Å². The van der Waals surface area contributed by atoms with Crippen LogP contribution in [0.3, 0.4) is 0 Å². The molecule has 1 heterocycles. The normalized spacial score (nSPS) is 19.8. The summed E-state index contributed by atoms with van der Waals surface area (Å²) in [6.45, 7) is 3.26. The molecule has 18 heavy (non-hydrogen) atoms. The van der Waals surface area contributed by atoms with Crippen LogP contribution in [0.25, 0.3) is 6.08 Å². The molecule has 1 aromatic rings. The Bertz CT molecular complexity index is 419. The molecule has 96 valence electrons. The minimum Gasteiger partial charge on any atom is -0.376 e. The van der Waals surface area contributed by atoms with E-state index in [0.29, 0.717) is 6.54 Å². The van der Waals surface area contributed by atoms with Gasteiger partial charge in [-0.1, -0.05) is 30.3 Å². The highest BCUT2D eigenvalue weighted by atomic mass is 16.5. The molecule has 1 saturated heterocycles. The number of amides is 1. The van der Waals surface area contributed by atoms with Crippen molar-refractivity contribution in [2.75, 3.05) is 13.2 Å². The molecule has 0 saturated carbocycles. The van der Waals surface area contributed by atoms with Crippen molar-refractivity contribution >= 4 is 12.0 Å². The van der Waals surface area contributed by atoms with Gasteiger partial charge < -0.3 is 10.1 Å². The van der Waals surface area contributed by atoms with Crippen LogP contribution < -0.4 is 5.32 Å². The van der Waals surface area contributed by atoms with Gasteiger partial charge in [0.1, 0.15) is 0 Å². The van der Waals surface area contributed by atoms with E-state index in [-0.39, 0.29) is 12.0 Å². The lowest BCUT2D eigenvalue weighted by molar-refractivity contribution is -0.117. The Labute approximate surface area is 108 Å². The van der Waals surface area contributed by atoms with Gasteiger partial charge in [-0.3, -0.25) is 4.79 Å². The van der Waals surface area contributed by atoms with E-state index in [9.17, 15) is 4.79 Å². The Kier molecular flexibility index (Phi) is 4.53. The van der Waals surface area contributed by atoms with Gasteiger partial charge in [-0.2, -0.15) is 0 Å². The highest BCUT2D eigenvalue weighted by Gasteiger charge is 2.16. The fourth-order valence-corrected chi connectivity index (χ4v) is 2.02. The highest BCUT2D eigenvalue weighted by molar-refractivity contribution is 5.97. The molecule has 1 aliphatic rings. The quantitative estimate of drug-likeness (QED) is 0.827. The molecule has 0 radical (unpaired) electrons. The lowest BCUT2D eigenvalue weighted by atomic mass is 10.1. The first kappa shape index (κ1) is 12.8. The number of carbonyl (C=O) groups excluding carboxylic acids is 1. The summed E-state index contributed by atoms with van der Waals surface area (Å²) in [5.74, 6) is -0.0191. The van der Waals surface area contributed by atoms with Gasteiger partial charge in [0.25, 0.3) is 0 Å². The van der Waals surface area contributed by atoms with E-state index in [4.69, 9.17) is 4.74 Å². The Morgan fingerprint density at radius 2 is 2.22 bits per heavy atom. The topological polar surface area (TPSA) is 38.3 Å². The highest BCUT2D eigenvalue weighted by Crippen LogP contribution is 2.11. The Morgan fingerprint density at radius 3 is 2.89 bits per heavy atom. The molecule has 3 nitrogen and oxygen atoms in total. The molecule has 1 amide bonds. The minimum absolute atomic E-state index is 0.0191. The van der Waals surface area contributed by atoms with Crippen LogP contribution in [-0.2, 0) is 9.53 Å². The summed E-state index contributed by atoms with van der Waals surface area (Å²) >= 11 is 0. The van der Waals surface area contributed by atoms with Crippen LogP contribution >= 0.6 is 0 Å². The standard InChI is InChI=1S/C15H19NO2/c1-12(10-13-6-3-2-4-7-13)15(17)16-11-14-8-5-9-18-14/h2-4,6-7,10,14H,5,8-9,11H2,1H3,(H,16,17). The van der Waals surface area contributed by atoms with E-state index in [1.54, 1.807) is 0 Å². The van der Waals surface area contributed by atoms with Crippen LogP contribution in [0.1, 0.15) is 25.3 Å². The van der Waals surface area contributed by atoms with E-state index >= 15 is 0 Å². The average Bonchev–Trinajstić information content (AvgIpc) is 2.90. The molecule has 1 fully saturated rings. The first-order chi connectivity index (χ1) is 8.75. The second-order valence-corrected chi connectivity index (χ2v) is 4.58. The van der Waals surface area contributed by atoms with Gasteiger partial charge in [-0.05, 0) is 31.4 Å². The minimum atomic E-state index is -0.0191. The molecule has 0 aromatic heterocycles. The maximum atomic E-state index is 11.9. The van der Waals surface area contributed by atoms with Crippen LogP contribution in [0.4, 0.5) is 0 Å². The zero-order chi connectivity index (χ0) is 12.8. The smallest absolute Gasteiger partial charge is 0.247 e. The lowest BCUT2D eigenvalue weighted by Gasteiger charge is -2.10. The molecule has 2 rings (SSSR count). The first-order valence-electron chi connectivity index (χ1n) is 6.39. The Balaban J connectivity index is 1.86. The van der Waals surface area contributed by atoms with Crippen LogP contribution in [0.15, 0.2) is 35.9 Å². The van der Waals surface area contributed by atoms with Gasteiger partial charge in [0.2, 0.25) is 5.91 Å². The van der Waals surface area contributed by atoms with Gasteiger partial charge in [-0.15, -0.1) is 0 Å². The Hall–Kier alpha value is -1.61. The average molecular weight is 245 g/mol. The molecular weight excluding hydrogens is 226 g/mol. The number of hydrogen-bond acceptors (Lipinski definition) is 2. The van der Waals surface area contributed by atoms with Crippen molar-refractivity contribution < 1.29 is 9.53 Å². The second-order valence-electron chi connectivity index (χ2n) is 4.58. The molecule has 1 aliphatic heterocycles. The van der Waals surface area contributed by atoms with Crippen molar-refractivity contribution in [1.29, 1.82) is 0 Å². The summed E-state index contributed by atoms with van der Waals surface area (Å²) in [6, 6.07) is 9.85. The van der Waals surface area contributed by atoms with E-state index < -0.39 is 0 Å². The molecule has 1 unspecified atom stereocenters. The third kappa shape index (κ3) is 3.70. The molecule has 0 aliphatic carbocycles. The fraction of sp³-hybridized carbons (Fsp3) is 0.400. The third-order valence-electron chi connectivity index (χ3n) is 3.06. The monoisotopic (exact) mass is 245 g/mol. The van der Waals surface area contributed by atoms with Crippen molar-refractivity contribution in [2.24, 2.45) is 0 Å². The van der Waals surface area contributed by atoms with Gasteiger partial charge in [-0.25, -0.2) is 0 Å². The molecular formula is C15H19NO2. The summed E-state index contributed by atoms with van der Waals surface area (Å²) in [7, 11) is 0. The predicted molar refractivity (Wildman–Crippen MR) is 72.1 cm³/mol. The largest absolute Gasteiger partial charge is 0.376 e. The lowest BCUT2D eigenvalue weighted by Crippen LogP contribution is -2.32. The molecule has 1 N–H and O–H groups in total. The Morgan fingerprint density at radius 1 is 1.44 bits per heavy atom. The van der Waals surface area contributed by atoms with Gasteiger partial charge in [0.15, 0.2) is 0 Å². The van der Waals surface area contributed by atoms with Crippen molar-refractivity contribution in [2.45, 2.75) is 25.9 Å². The summed E-state index contributed by atoms with van der Waals surface area (Å²) in [6.07, 6.45) is 4.23. The van der Waals surface area contributed by atoms with Crippen molar-refractivity contribution in [3.8, 4) is 0 Å².